The molecule has 0 bridgehead atoms. The van der Waals surface area contributed by atoms with Crippen molar-refractivity contribution in [2.75, 3.05) is 18.5 Å². The van der Waals surface area contributed by atoms with Crippen LogP contribution in [0.3, 0.4) is 0 Å². The fourth-order valence-corrected chi connectivity index (χ4v) is 2.78. The van der Waals surface area contributed by atoms with Crippen LogP contribution in [0.25, 0.3) is 5.69 Å². The molecule has 0 spiro atoms. The third kappa shape index (κ3) is 5.86. The fraction of sp³-hybridized carbons (Fsp3) is 0.444. The maximum Gasteiger partial charge on any atom is 0.319 e. The van der Waals surface area contributed by atoms with Gasteiger partial charge in [-0.3, -0.25) is 0 Å². The molecule has 1 atom stereocenters. The SMILES string of the molecule is CC(C)CC(CCO)CNC(=O)Nc1cc(F)ccc1-n1cccn1. The van der Waals surface area contributed by atoms with E-state index in [0.717, 1.165) is 6.42 Å². The molecule has 0 fully saturated rings. The van der Waals surface area contributed by atoms with Gasteiger partial charge in [0.25, 0.3) is 0 Å². The lowest BCUT2D eigenvalue weighted by atomic mass is 9.94. The molecule has 3 N–H and O–H groups in total. The molecule has 1 heterocycles. The minimum absolute atomic E-state index is 0.0913. The van der Waals surface area contributed by atoms with Crippen molar-refractivity contribution < 1.29 is 14.3 Å². The zero-order valence-electron chi connectivity index (χ0n) is 14.6. The van der Waals surface area contributed by atoms with Crippen molar-refractivity contribution in [2.24, 2.45) is 11.8 Å². The Bertz CT molecular complexity index is 674. The first kappa shape index (κ1) is 18.9. The predicted octanol–water partition coefficient (Wildman–Crippen LogP) is 3.18. The Morgan fingerprint density at radius 2 is 2.20 bits per heavy atom. The number of nitrogens with one attached hydrogen (secondary N) is 2. The molecule has 6 nitrogen and oxygen atoms in total. The number of rotatable bonds is 8. The molecule has 1 unspecified atom stereocenters. The Kier molecular flexibility index (Phi) is 6.94. The minimum Gasteiger partial charge on any atom is -0.396 e. The number of carbonyl (C=O) groups is 1. The van der Waals surface area contributed by atoms with Crippen molar-refractivity contribution in [3.05, 3.63) is 42.5 Å². The van der Waals surface area contributed by atoms with Gasteiger partial charge in [-0.25, -0.2) is 13.9 Å². The number of benzene rings is 1. The van der Waals surface area contributed by atoms with E-state index in [2.05, 4.69) is 29.6 Å². The average molecular weight is 348 g/mol. The maximum absolute atomic E-state index is 13.6. The second-order valence-electron chi connectivity index (χ2n) is 6.45. The van der Waals surface area contributed by atoms with Gasteiger partial charge < -0.3 is 15.7 Å². The first-order valence-corrected chi connectivity index (χ1v) is 8.45. The number of carbonyl (C=O) groups excluding carboxylic acids is 1. The number of nitrogens with zero attached hydrogens (tertiary/aromatic N) is 2. The molecule has 0 saturated carbocycles. The van der Waals surface area contributed by atoms with Crippen LogP contribution in [-0.4, -0.2) is 34.1 Å². The van der Waals surface area contributed by atoms with Crippen LogP contribution in [0, 0.1) is 17.7 Å². The molecule has 2 amide bonds. The van der Waals surface area contributed by atoms with E-state index in [4.69, 9.17) is 5.11 Å². The van der Waals surface area contributed by atoms with Crippen LogP contribution in [0.5, 0.6) is 0 Å². The van der Waals surface area contributed by atoms with Gasteiger partial charge >= 0.3 is 6.03 Å². The molecule has 0 aliphatic heterocycles. The van der Waals surface area contributed by atoms with Crippen LogP contribution in [0.1, 0.15) is 26.7 Å². The summed E-state index contributed by atoms with van der Waals surface area (Å²) in [6.07, 6.45) is 4.88. The van der Waals surface area contributed by atoms with Crippen molar-refractivity contribution in [2.45, 2.75) is 26.7 Å². The Balaban J connectivity index is 2.01. The zero-order valence-corrected chi connectivity index (χ0v) is 14.6. The summed E-state index contributed by atoms with van der Waals surface area (Å²) in [5, 5.41) is 18.7. The standard InChI is InChI=1S/C18H25FN4O2/c1-13(2)10-14(6-9-24)12-20-18(25)22-16-11-15(19)4-5-17(16)23-8-3-7-21-23/h3-5,7-8,11,13-14,24H,6,9-10,12H2,1-2H3,(H2,20,22,25). The van der Waals surface area contributed by atoms with Gasteiger partial charge in [-0.2, -0.15) is 5.10 Å². The first-order valence-electron chi connectivity index (χ1n) is 8.45. The second-order valence-corrected chi connectivity index (χ2v) is 6.45. The van der Waals surface area contributed by atoms with E-state index < -0.39 is 11.8 Å². The van der Waals surface area contributed by atoms with Gasteiger partial charge in [0.2, 0.25) is 0 Å². The van der Waals surface area contributed by atoms with Crippen LogP contribution in [0.4, 0.5) is 14.9 Å². The van der Waals surface area contributed by atoms with E-state index in [1.807, 2.05) is 0 Å². The molecule has 0 aliphatic carbocycles. The molecule has 2 rings (SSSR count). The molecular weight excluding hydrogens is 323 g/mol. The highest BCUT2D eigenvalue weighted by molar-refractivity contribution is 5.91. The molecule has 7 heteroatoms. The van der Waals surface area contributed by atoms with Gasteiger partial charge in [0, 0.05) is 25.5 Å². The van der Waals surface area contributed by atoms with Gasteiger partial charge in [-0.05, 0) is 48.9 Å². The Labute approximate surface area is 147 Å². The summed E-state index contributed by atoms with van der Waals surface area (Å²) < 4.78 is 15.1. The Morgan fingerprint density at radius 3 is 2.84 bits per heavy atom. The van der Waals surface area contributed by atoms with Crippen molar-refractivity contribution >= 4 is 11.7 Å². The highest BCUT2D eigenvalue weighted by Crippen LogP contribution is 2.21. The number of urea groups is 1. The normalized spacial score (nSPS) is 12.2. The lowest BCUT2D eigenvalue weighted by Crippen LogP contribution is -2.34. The highest BCUT2D eigenvalue weighted by Gasteiger charge is 2.14. The number of hydrogen-bond donors (Lipinski definition) is 3. The van der Waals surface area contributed by atoms with Crippen LogP contribution in [0.2, 0.25) is 0 Å². The third-order valence-corrected chi connectivity index (χ3v) is 3.85. The van der Waals surface area contributed by atoms with Gasteiger partial charge in [-0.1, -0.05) is 13.8 Å². The van der Waals surface area contributed by atoms with Gasteiger partial charge in [0.05, 0.1) is 11.4 Å². The Hall–Kier alpha value is -2.41. The van der Waals surface area contributed by atoms with E-state index in [0.29, 0.717) is 30.3 Å². The summed E-state index contributed by atoms with van der Waals surface area (Å²) in [5.41, 5.74) is 0.916. The minimum atomic E-state index is -0.441. The summed E-state index contributed by atoms with van der Waals surface area (Å²) in [4.78, 5) is 12.2. The Morgan fingerprint density at radius 1 is 1.40 bits per heavy atom. The lowest BCUT2D eigenvalue weighted by molar-refractivity contribution is 0.231. The monoisotopic (exact) mass is 348 g/mol. The van der Waals surface area contributed by atoms with Crippen molar-refractivity contribution in [3.63, 3.8) is 0 Å². The van der Waals surface area contributed by atoms with Crippen molar-refractivity contribution in [3.8, 4) is 5.69 Å². The molecule has 136 valence electrons. The van der Waals surface area contributed by atoms with Gasteiger partial charge in [-0.15, -0.1) is 0 Å². The molecule has 0 radical (unpaired) electrons. The number of aliphatic hydroxyl groups excluding tert-OH is 1. The van der Waals surface area contributed by atoms with Crippen LogP contribution in [-0.2, 0) is 0 Å². The number of aliphatic hydroxyl groups is 1. The molecule has 1 aromatic carbocycles. The summed E-state index contributed by atoms with van der Waals surface area (Å²) in [6.45, 7) is 4.76. The summed E-state index contributed by atoms with van der Waals surface area (Å²) in [7, 11) is 0. The summed E-state index contributed by atoms with van der Waals surface area (Å²) >= 11 is 0. The molecule has 0 aliphatic rings. The largest absolute Gasteiger partial charge is 0.396 e. The quantitative estimate of drug-likeness (QED) is 0.685. The summed E-state index contributed by atoms with van der Waals surface area (Å²) in [6, 6.07) is 5.48. The highest BCUT2D eigenvalue weighted by atomic mass is 19.1. The number of halogens is 1. The van der Waals surface area contributed by atoms with Crippen LogP contribution >= 0.6 is 0 Å². The lowest BCUT2D eigenvalue weighted by Gasteiger charge is -2.19. The molecule has 2 aromatic rings. The fourth-order valence-electron chi connectivity index (χ4n) is 2.78. The van der Waals surface area contributed by atoms with Crippen LogP contribution in [0.15, 0.2) is 36.7 Å². The van der Waals surface area contributed by atoms with Crippen molar-refractivity contribution in [1.29, 1.82) is 0 Å². The number of aromatic nitrogens is 2. The van der Waals surface area contributed by atoms with E-state index in [-0.39, 0.29) is 12.5 Å². The summed E-state index contributed by atoms with van der Waals surface area (Å²) in [5.74, 6) is 0.245. The van der Waals surface area contributed by atoms with Gasteiger partial charge in [0.1, 0.15) is 5.82 Å². The van der Waals surface area contributed by atoms with E-state index in [9.17, 15) is 9.18 Å². The zero-order chi connectivity index (χ0) is 18.2. The van der Waals surface area contributed by atoms with E-state index in [1.165, 1.54) is 12.1 Å². The van der Waals surface area contributed by atoms with E-state index in [1.54, 1.807) is 29.2 Å². The smallest absolute Gasteiger partial charge is 0.319 e. The average Bonchev–Trinajstić information content (AvgIpc) is 3.07. The number of anilines is 1. The maximum atomic E-state index is 13.6. The van der Waals surface area contributed by atoms with Gasteiger partial charge in [0.15, 0.2) is 0 Å². The van der Waals surface area contributed by atoms with Crippen LogP contribution < -0.4 is 10.6 Å². The predicted molar refractivity (Wildman–Crippen MR) is 95.2 cm³/mol. The molecule has 1 aromatic heterocycles. The second kappa shape index (κ2) is 9.17. The third-order valence-electron chi connectivity index (χ3n) is 3.85. The molecule has 25 heavy (non-hydrogen) atoms. The first-order chi connectivity index (χ1) is 12.0. The topological polar surface area (TPSA) is 79.2 Å². The van der Waals surface area contributed by atoms with E-state index >= 15 is 0 Å². The molecular formula is C18H25FN4O2. The molecule has 0 saturated heterocycles. The number of hydrogen-bond acceptors (Lipinski definition) is 3. The van der Waals surface area contributed by atoms with Crippen molar-refractivity contribution in [1.82, 2.24) is 15.1 Å². The number of amides is 2.